The van der Waals surface area contributed by atoms with Gasteiger partial charge in [-0.2, -0.15) is 0 Å². The van der Waals surface area contributed by atoms with Crippen molar-refractivity contribution in [2.45, 2.75) is 19.3 Å². The van der Waals surface area contributed by atoms with Gasteiger partial charge in [0.2, 0.25) is 0 Å². The zero-order valence-corrected chi connectivity index (χ0v) is 34.3. The molecule has 0 aliphatic heterocycles. The summed E-state index contributed by atoms with van der Waals surface area (Å²) < 4.78 is 13.3. The van der Waals surface area contributed by atoms with Crippen LogP contribution in [0.1, 0.15) is 25.0 Å². The number of hydrogen-bond donors (Lipinski definition) is 0. The topological polar surface area (TPSA) is 29.5 Å². The van der Waals surface area contributed by atoms with Crippen molar-refractivity contribution in [3.63, 3.8) is 0 Å². The van der Waals surface area contributed by atoms with E-state index in [4.69, 9.17) is 8.83 Å². The summed E-state index contributed by atoms with van der Waals surface area (Å²) in [6.07, 6.45) is 0. The number of hydrogen-bond acceptors (Lipinski definition) is 3. The van der Waals surface area contributed by atoms with Gasteiger partial charge in [0.1, 0.15) is 22.3 Å². The van der Waals surface area contributed by atoms with Gasteiger partial charge in [0.15, 0.2) is 0 Å². The average molecular weight is 794 g/mol. The summed E-state index contributed by atoms with van der Waals surface area (Å²) in [4.78, 5) is 2.36. The zero-order chi connectivity index (χ0) is 41.1. The molecule has 3 nitrogen and oxygen atoms in total. The summed E-state index contributed by atoms with van der Waals surface area (Å²) in [5.74, 6) is 0. The van der Waals surface area contributed by atoms with Gasteiger partial charge in [0, 0.05) is 60.4 Å². The second-order valence-corrected chi connectivity index (χ2v) is 17.2. The van der Waals surface area contributed by atoms with Gasteiger partial charge >= 0.3 is 0 Å². The van der Waals surface area contributed by atoms with Gasteiger partial charge in [-0.25, -0.2) is 0 Å². The first-order valence-electron chi connectivity index (χ1n) is 21.4. The average Bonchev–Trinajstić information content (AvgIpc) is 3.98. The SMILES string of the molecule is CC1(C)c2ccccc2-c2c(-c3ccc(N(c4ccc(-c5cccc6c5oc5c7ccccc7ccc65)cc4)c4ccc5oc6c7ccccc7ccc6c5c4)cc3)cccc21. The summed E-state index contributed by atoms with van der Waals surface area (Å²) in [5, 5.41) is 9.06. The van der Waals surface area contributed by atoms with Gasteiger partial charge in [-0.1, -0.05) is 159 Å². The highest BCUT2D eigenvalue weighted by atomic mass is 16.3. The van der Waals surface area contributed by atoms with Crippen molar-refractivity contribution in [1.82, 2.24) is 0 Å². The summed E-state index contributed by atoms with van der Waals surface area (Å²) in [6, 6.07) is 72.4. The Morgan fingerprint density at radius 2 is 0.871 bits per heavy atom. The highest BCUT2D eigenvalue weighted by Gasteiger charge is 2.36. The van der Waals surface area contributed by atoms with Gasteiger partial charge in [0.05, 0.1) is 0 Å². The number of furan rings is 2. The number of rotatable bonds is 5. The maximum absolute atomic E-state index is 6.75. The Kier molecular flexibility index (Phi) is 7.36. The molecule has 0 saturated heterocycles. The maximum Gasteiger partial charge on any atom is 0.143 e. The highest BCUT2D eigenvalue weighted by Crippen LogP contribution is 2.52. The van der Waals surface area contributed by atoms with Crippen LogP contribution in [0.2, 0.25) is 0 Å². The van der Waals surface area contributed by atoms with Crippen molar-refractivity contribution in [1.29, 1.82) is 0 Å². The maximum atomic E-state index is 6.75. The summed E-state index contributed by atoms with van der Waals surface area (Å²) in [7, 11) is 0. The third kappa shape index (κ3) is 5.06. The van der Waals surface area contributed by atoms with Gasteiger partial charge in [-0.15, -0.1) is 0 Å². The van der Waals surface area contributed by atoms with E-state index in [1.54, 1.807) is 0 Å². The van der Waals surface area contributed by atoms with Crippen LogP contribution < -0.4 is 4.90 Å². The lowest BCUT2D eigenvalue weighted by atomic mass is 9.82. The fourth-order valence-corrected chi connectivity index (χ4v) is 10.4. The molecule has 2 heterocycles. The van der Waals surface area contributed by atoms with Crippen LogP contribution in [-0.4, -0.2) is 0 Å². The molecule has 292 valence electrons. The monoisotopic (exact) mass is 793 g/mol. The van der Waals surface area contributed by atoms with Gasteiger partial charge in [0.25, 0.3) is 0 Å². The van der Waals surface area contributed by atoms with Gasteiger partial charge in [-0.05, 0) is 104 Å². The van der Waals surface area contributed by atoms with E-state index >= 15 is 0 Å². The van der Waals surface area contributed by atoms with Crippen molar-refractivity contribution in [2.75, 3.05) is 4.90 Å². The van der Waals surface area contributed by atoms with Crippen molar-refractivity contribution in [3.8, 4) is 33.4 Å². The first-order valence-corrected chi connectivity index (χ1v) is 21.4. The van der Waals surface area contributed by atoms with Crippen molar-refractivity contribution in [2.24, 2.45) is 0 Å². The van der Waals surface area contributed by atoms with Gasteiger partial charge < -0.3 is 13.7 Å². The number of para-hydroxylation sites is 1. The molecule has 12 aromatic rings. The van der Waals surface area contributed by atoms with Crippen LogP contribution >= 0.6 is 0 Å². The number of nitrogens with zero attached hydrogens (tertiary/aromatic N) is 1. The minimum absolute atomic E-state index is 0.0582. The molecule has 13 rings (SSSR count). The van der Waals surface area contributed by atoms with E-state index in [-0.39, 0.29) is 5.41 Å². The van der Waals surface area contributed by atoms with Crippen LogP contribution in [0.25, 0.3) is 98.8 Å². The number of anilines is 3. The fourth-order valence-electron chi connectivity index (χ4n) is 10.4. The van der Waals surface area contributed by atoms with Crippen LogP contribution in [0.4, 0.5) is 17.1 Å². The third-order valence-electron chi connectivity index (χ3n) is 13.5. The lowest BCUT2D eigenvalue weighted by molar-refractivity contribution is 0.660. The van der Waals surface area contributed by atoms with E-state index in [1.807, 2.05) is 0 Å². The number of fused-ring (bicyclic) bond motifs is 13. The minimum atomic E-state index is -0.0582. The van der Waals surface area contributed by atoms with Crippen LogP contribution in [0.3, 0.4) is 0 Å². The first-order chi connectivity index (χ1) is 30.5. The number of benzene rings is 10. The fraction of sp³-hybridized carbons (Fsp3) is 0.0508. The summed E-state index contributed by atoms with van der Waals surface area (Å²) in [5.41, 5.74) is 16.8. The smallest absolute Gasteiger partial charge is 0.143 e. The van der Waals surface area contributed by atoms with Gasteiger partial charge in [-0.3, -0.25) is 0 Å². The largest absolute Gasteiger partial charge is 0.455 e. The Labute approximate surface area is 358 Å². The molecule has 0 saturated carbocycles. The minimum Gasteiger partial charge on any atom is -0.455 e. The van der Waals surface area contributed by atoms with Crippen LogP contribution in [0.15, 0.2) is 209 Å². The molecule has 0 N–H and O–H groups in total. The Morgan fingerprint density at radius 1 is 0.355 bits per heavy atom. The molecule has 2 aromatic heterocycles. The zero-order valence-electron chi connectivity index (χ0n) is 34.3. The van der Waals surface area contributed by atoms with E-state index in [0.29, 0.717) is 0 Å². The van der Waals surface area contributed by atoms with E-state index < -0.39 is 0 Å². The molecule has 0 unspecified atom stereocenters. The third-order valence-corrected chi connectivity index (χ3v) is 13.5. The van der Waals surface area contributed by atoms with Crippen molar-refractivity contribution < 1.29 is 8.83 Å². The molecule has 10 aromatic carbocycles. The van der Waals surface area contributed by atoms with E-state index in [2.05, 4.69) is 219 Å². The lowest BCUT2D eigenvalue weighted by Crippen LogP contribution is -2.14. The molecule has 0 spiro atoms. The lowest BCUT2D eigenvalue weighted by Gasteiger charge is -2.26. The standard InChI is InChI=1S/C59H39NO2/c1-59(2)52-19-8-7-15-50(52)55-43(16-10-20-53(55)59)38-21-27-40(28-22-38)60(42-31-34-54-51(35-42)49-33-26-36-11-3-5-13-44(36)56(49)61-54)41-29-23-39(24-30-41)46-17-9-18-47-48-32-25-37-12-4-6-14-45(37)58(48)62-57(46)47/h3-35H,1-2H3. The van der Waals surface area contributed by atoms with Crippen molar-refractivity contribution in [3.05, 3.63) is 211 Å². The molecular formula is C59H39NO2. The molecule has 0 radical (unpaired) electrons. The second-order valence-electron chi connectivity index (χ2n) is 17.2. The van der Waals surface area contributed by atoms with E-state index in [9.17, 15) is 0 Å². The van der Waals surface area contributed by atoms with Crippen LogP contribution in [0, 0.1) is 0 Å². The normalized spacial score (nSPS) is 13.1. The first kappa shape index (κ1) is 34.9. The predicted molar refractivity (Wildman–Crippen MR) is 259 cm³/mol. The Hall–Kier alpha value is -7.88. The molecule has 0 amide bonds. The molecule has 3 heteroatoms. The molecule has 0 bridgehead atoms. The molecular weight excluding hydrogens is 755 g/mol. The quantitative estimate of drug-likeness (QED) is 0.174. The van der Waals surface area contributed by atoms with Crippen molar-refractivity contribution >= 4 is 82.5 Å². The van der Waals surface area contributed by atoms with Crippen LogP contribution in [-0.2, 0) is 5.41 Å². The molecule has 0 fully saturated rings. The second kappa shape index (κ2) is 13.1. The van der Waals surface area contributed by atoms with E-state index in [0.717, 1.165) is 82.8 Å². The Morgan fingerprint density at radius 3 is 1.60 bits per heavy atom. The highest BCUT2D eigenvalue weighted by molar-refractivity contribution is 6.18. The van der Waals surface area contributed by atoms with E-state index in [1.165, 1.54) is 44.2 Å². The summed E-state index contributed by atoms with van der Waals surface area (Å²) in [6.45, 7) is 4.68. The van der Waals surface area contributed by atoms with Crippen LogP contribution in [0.5, 0.6) is 0 Å². The molecule has 62 heavy (non-hydrogen) atoms. The molecule has 1 aliphatic rings. The Balaban J connectivity index is 0.951. The summed E-state index contributed by atoms with van der Waals surface area (Å²) >= 11 is 0. The molecule has 1 aliphatic carbocycles. The Bertz CT molecular complexity index is 3770. The molecule has 0 atom stereocenters. The predicted octanol–water partition coefficient (Wildman–Crippen LogP) is 16.9.